The summed E-state index contributed by atoms with van der Waals surface area (Å²) < 4.78 is 5.69. The Kier molecular flexibility index (Phi) is 9.11. The van der Waals surface area contributed by atoms with Gasteiger partial charge in [-0.05, 0) is 24.1 Å². The van der Waals surface area contributed by atoms with Gasteiger partial charge in [-0.3, -0.25) is 0 Å². The van der Waals surface area contributed by atoms with E-state index in [1.807, 2.05) is 18.2 Å². The molecule has 0 unspecified atom stereocenters. The van der Waals surface area contributed by atoms with E-state index >= 15 is 0 Å². The summed E-state index contributed by atoms with van der Waals surface area (Å²) in [6, 6.07) is 5.73. The first-order chi connectivity index (χ1) is 9.27. The molecule has 0 aromatic heterocycles. The van der Waals surface area contributed by atoms with E-state index in [1.54, 1.807) is 0 Å². The summed E-state index contributed by atoms with van der Waals surface area (Å²) >= 11 is 11.9. The minimum Gasteiger partial charge on any atom is -0.492 e. The summed E-state index contributed by atoms with van der Waals surface area (Å²) in [7, 11) is 0. The molecule has 0 spiro atoms. The highest BCUT2D eigenvalue weighted by molar-refractivity contribution is 6.32. The first-order valence-electron chi connectivity index (χ1n) is 7.25. The third kappa shape index (κ3) is 7.08. The Labute approximate surface area is 127 Å². The number of unbranched alkanes of at least 4 members (excludes halogenated alkanes) is 6. The van der Waals surface area contributed by atoms with Crippen molar-refractivity contribution in [1.29, 1.82) is 0 Å². The van der Waals surface area contributed by atoms with Gasteiger partial charge in [-0.15, -0.1) is 11.6 Å². The minimum atomic E-state index is 0.484. The minimum absolute atomic E-state index is 0.484. The van der Waals surface area contributed by atoms with Crippen molar-refractivity contribution in [3.63, 3.8) is 0 Å². The summed E-state index contributed by atoms with van der Waals surface area (Å²) in [6.07, 6.45) is 9.02. The van der Waals surface area contributed by atoms with Gasteiger partial charge in [0.25, 0.3) is 0 Å². The molecule has 1 aromatic rings. The molecule has 0 N–H and O–H groups in total. The standard InChI is InChI=1S/C16H24Cl2O/c1-2-3-4-5-6-7-8-11-19-16-10-9-14(13-17)12-15(16)18/h9-10,12H,2-8,11,13H2,1H3. The van der Waals surface area contributed by atoms with Gasteiger partial charge in [-0.25, -0.2) is 0 Å². The van der Waals surface area contributed by atoms with Gasteiger partial charge in [0.1, 0.15) is 5.75 Å². The van der Waals surface area contributed by atoms with Gasteiger partial charge in [0, 0.05) is 5.88 Å². The smallest absolute Gasteiger partial charge is 0.137 e. The molecular formula is C16H24Cl2O. The lowest BCUT2D eigenvalue weighted by Gasteiger charge is -2.08. The normalized spacial score (nSPS) is 10.7. The van der Waals surface area contributed by atoms with Crippen LogP contribution in [0.5, 0.6) is 5.75 Å². The van der Waals surface area contributed by atoms with E-state index < -0.39 is 0 Å². The number of alkyl halides is 1. The predicted molar refractivity (Wildman–Crippen MR) is 84.5 cm³/mol. The second-order valence-electron chi connectivity index (χ2n) is 4.87. The quantitative estimate of drug-likeness (QED) is 0.369. The molecule has 19 heavy (non-hydrogen) atoms. The molecule has 0 aliphatic heterocycles. The second kappa shape index (κ2) is 10.4. The molecule has 0 fully saturated rings. The van der Waals surface area contributed by atoms with Crippen molar-refractivity contribution in [2.75, 3.05) is 6.61 Å². The fourth-order valence-electron chi connectivity index (χ4n) is 1.99. The van der Waals surface area contributed by atoms with Crippen LogP contribution in [0.1, 0.15) is 57.4 Å². The van der Waals surface area contributed by atoms with Gasteiger partial charge >= 0.3 is 0 Å². The molecule has 0 saturated carbocycles. The summed E-state index contributed by atoms with van der Waals surface area (Å²) in [6.45, 7) is 2.99. The maximum Gasteiger partial charge on any atom is 0.137 e. The SMILES string of the molecule is CCCCCCCCCOc1ccc(CCl)cc1Cl. The van der Waals surface area contributed by atoms with Crippen molar-refractivity contribution in [1.82, 2.24) is 0 Å². The lowest BCUT2D eigenvalue weighted by Crippen LogP contribution is -1.98. The molecule has 0 aliphatic carbocycles. The van der Waals surface area contributed by atoms with Gasteiger partial charge in [0.2, 0.25) is 0 Å². The number of hydrogen-bond acceptors (Lipinski definition) is 1. The summed E-state index contributed by atoms with van der Waals surface area (Å²) in [5.74, 6) is 1.25. The fraction of sp³-hybridized carbons (Fsp3) is 0.625. The molecule has 0 amide bonds. The molecule has 108 valence electrons. The molecule has 0 bridgehead atoms. The maximum atomic E-state index is 6.12. The zero-order valence-corrected chi connectivity index (χ0v) is 13.3. The third-order valence-corrected chi connectivity index (χ3v) is 3.76. The Morgan fingerprint density at radius 2 is 1.68 bits per heavy atom. The van der Waals surface area contributed by atoms with Crippen LogP contribution in [0.2, 0.25) is 5.02 Å². The maximum absolute atomic E-state index is 6.12. The number of halogens is 2. The van der Waals surface area contributed by atoms with E-state index in [2.05, 4.69) is 6.92 Å². The van der Waals surface area contributed by atoms with Crippen LogP contribution in [0.25, 0.3) is 0 Å². The first-order valence-corrected chi connectivity index (χ1v) is 8.16. The molecular weight excluding hydrogens is 279 g/mol. The predicted octanol–water partition coefficient (Wildman–Crippen LogP) is 6.21. The topological polar surface area (TPSA) is 9.23 Å². The second-order valence-corrected chi connectivity index (χ2v) is 5.54. The Morgan fingerprint density at radius 1 is 1.00 bits per heavy atom. The van der Waals surface area contributed by atoms with E-state index in [0.29, 0.717) is 10.9 Å². The van der Waals surface area contributed by atoms with Crippen molar-refractivity contribution in [2.45, 2.75) is 57.7 Å². The summed E-state index contributed by atoms with van der Waals surface area (Å²) in [5.41, 5.74) is 1.02. The van der Waals surface area contributed by atoms with Gasteiger partial charge in [-0.2, -0.15) is 0 Å². The van der Waals surface area contributed by atoms with E-state index in [-0.39, 0.29) is 0 Å². The number of hydrogen-bond donors (Lipinski definition) is 0. The molecule has 1 aromatic carbocycles. The monoisotopic (exact) mass is 302 g/mol. The van der Waals surface area contributed by atoms with E-state index in [0.717, 1.165) is 24.3 Å². The highest BCUT2D eigenvalue weighted by Crippen LogP contribution is 2.26. The molecule has 0 atom stereocenters. The van der Waals surface area contributed by atoms with Crippen LogP contribution in [-0.4, -0.2) is 6.61 Å². The molecule has 0 saturated heterocycles. The largest absolute Gasteiger partial charge is 0.492 e. The van der Waals surface area contributed by atoms with Crippen molar-refractivity contribution >= 4 is 23.2 Å². The number of rotatable bonds is 10. The van der Waals surface area contributed by atoms with Crippen LogP contribution in [0.15, 0.2) is 18.2 Å². The lowest BCUT2D eigenvalue weighted by atomic mass is 10.1. The summed E-state index contributed by atoms with van der Waals surface area (Å²) in [5, 5.41) is 0.654. The molecule has 1 rings (SSSR count). The van der Waals surface area contributed by atoms with Crippen LogP contribution >= 0.6 is 23.2 Å². The zero-order valence-electron chi connectivity index (χ0n) is 11.8. The van der Waals surface area contributed by atoms with Gasteiger partial charge in [-0.1, -0.05) is 63.1 Å². The molecule has 0 aliphatic rings. The van der Waals surface area contributed by atoms with Crippen LogP contribution in [0.4, 0.5) is 0 Å². The average Bonchev–Trinajstić information content (AvgIpc) is 2.43. The van der Waals surface area contributed by atoms with Crippen molar-refractivity contribution in [3.8, 4) is 5.75 Å². The molecule has 3 heteroatoms. The highest BCUT2D eigenvalue weighted by atomic mass is 35.5. The van der Waals surface area contributed by atoms with Gasteiger partial charge < -0.3 is 4.74 Å². The van der Waals surface area contributed by atoms with E-state index in [4.69, 9.17) is 27.9 Å². The lowest BCUT2D eigenvalue weighted by molar-refractivity contribution is 0.304. The third-order valence-electron chi connectivity index (χ3n) is 3.16. The molecule has 1 nitrogen and oxygen atoms in total. The Hall–Kier alpha value is -0.400. The van der Waals surface area contributed by atoms with Crippen molar-refractivity contribution in [2.24, 2.45) is 0 Å². The number of ether oxygens (including phenoxy) is 1. The van der Waals surface area contributed by atoms with Crippen molar-refractivity contribution in [3.05, 3.63) is 28.8 Å². The van der Waals surface area contributed by atoms with Gasteiger partial charge in [0.05, 0.1) is 11.6 Å². The van der Waals surface area contributed by atoms with Crippen LogP contribution < -0.4 is 4.74 Å². The van der Waals surface area contributed by atoms with E-state index in [9.17, 15) is 0 Å². The van der Waals surface area contributed by atoms with Gasteiger partial charge in [0.15, 0.2) is 0 Å². The first kappa shape index (κ1) is 16.7. The Balaban J connectivity index is 2.12. The highest BCUT2D eigenvalue weighted by Gasteiger charge is 2.02. The van der Waals surface area contributed by atoms with E-state index in [1.165, 1.54) is 38.5 Å². The fourth-order valence-corrected chi connectivity index (χ4v) is 2.41. The Morgan fingerprint density at radius 3 is 2.32 bits per heavy atom. The summed E-state index contributed by atoms with van der Waals surface area (Å²) in [4.78, 5) is 0. The average molecular weight is 303 g/mol. The van der Waals surface area contributed by atoms with Crippen LogP contribution in [0.3, 0.4) is 0 Å². The van der Waals surface area contributed by atoms with Crippen LogP contribution in [-0.2, 0) is 5.88 Å². The molecule has 0 radical (unpaired) electrons. The number of benzene rings is 1. The molecule has 0 heterocycles. The van der Waals surface area contributed by atoms with Crippen molar-refractivity contribution < 1.29 is 4.74 Å². The van der Waals surface area contributed by atoms with Crippen LogP contribution in [0, 0.1) is 0 Å². The zero-order chi connectivity index (χ0) is 13.9. The Bertz CT molecular complexity index is 353.